The molecular formula is C15H19NO5. The van der Waals surface area contributed by atoms with E-state index < -0.39 is 11.9 Å². The van der Waals surface area contributed by atoms with Gasteiger partial charge in [-0.05, 0) is 24.6 Å². The number of hydrogen-bond acceptors (Lipinski definition) is 4. The third kappa shape index (κ3) is 4.11. The van der Waals surface area contributed by atoms with Gasteiger partial charge in [-0.2, -0.15) is 0 Å². The van der Waals surface area contributed by atoms with Crippen LogP contribution in [0.1, 0.15) is 30.1 Å². The summed E-state index contributed by atoms with van der Waals surface area (Å²) in [5.41, 5.74) is 0.474. The second-order valence-corrected chi connectivity index (χ2v) is 5.00. The van der Waals surface area contributed by atoms with Gasteiger partial charge < -0.3 is 19.9 Å². The van der Waals surface area contributed by atoms with Gasteiger partial charge in [-0.1, -0.05) is 6.92 Å². The summed E-state index contributed by atoms with van der Waals surface area (Å²) < 4.78 is 11.0. The van der Waals surface area contributed by atoms with Gasteiger partial charge in [0.1, 0.15) is 0 Å². The van der Waals surface area contributed by atoms with Gasteiger partial charge in [0.05, 0.1) is 19.1 Å². The van der Waals surface area contributed by atoms with Crippen molar-refractivity contribution in [2.75, 3.05) is 19.8 Å². The molecule has 0 aromatic heterocycles. The molecule has 1 aromatic carbocycles. The normalized spacial score (nSPS) is 14.9. The van der Waals surface area contributed by atoms with Crippen LogP contribution in [0, 0.1) is 5.92 Å². The molecular weight excluding hydrogens is 274 g/mol. The lowest BCUT2D eigenvalue weighted by Crippen LogP contribution is -2.27. The molecule has 1 heterocycles. The van der Waals surface area contributed by atoms with Crippen molar-refractivity contribution in [3.8, 4) is 11.5 Å². The molecule has 0 saturated heterocycles. The number of carboxylic acids is 1. The molecule has 1 unspecified atom stereocenters. The average Bonchev–Trinajstić information content (AvgIpc) is 2.71. The van der Waals surface area contributed by atoms with E-state index in [1.807, 2.05) is 0 Å². The minimum atomic E-state index is -0.861. The Balaban J connectivity index is 1.93. The van der Waals surface area contributed by atoms with Gasteiger partial charge in [0, 0.05) is 18.5 Å². The summed E-state index contributed by atoms with van der Waals surface area (Å²) >= 11 is 0. The van der Waals surface area contributed by atoms with Gasteiger partial charge in [-0.3, -0.25) is 9.59 Å². The summed E-state index contributed by atoms with van der Waals surface area (Å²) in [4.78, 5) is 22.7. The van der Waals surface area contributed by atoms with Crippen LogP contribution in [0.15, 0.2) is 18.2 Å². The third-order valence-electron chi connectivity index (χ3n) is 3.29. The lowest BCUT2D eigenvalue weighted by Gasteiger charge is -2.10. The van der Waals surface area contributed by atoms with E-state index in [4.69, 9.17) is 14.6 Å². The number of ether oxygens (including phenoxy) is 2. The highest BCUT2D eigenvalue weighted by Crippen LogP contribution is 2.30. The topological polar surface area (TPSA) is 84.9 Å². The van der Waals surface area contributed by atoms with Crippen LogP contribution in [0.4, 0.5) is 0 Å². The highest BCUT2D eigenvalue weighted by Gasteiger charge is 2.15. The van der Waals surface area contributed by atoms with Crippen molar-refractivity contribution in [1.82, 2.24) is 5.32 Å². The van der Waals surface area contributed by atoms with Gasteiger partial charge in [-0.25, -0.2) is 0 Å². The molecule has 1 atom stereocenters. The highest BCUT2D eigenvalue weighted by molar-refractivity contribution is 5.94. The number of carboxylic acid groups (broad SMARTS) is 1. The Hall–Kier alpha value is -2.24. The molecule has 0 fully saturated rings. The van der Waals surface area contributed by atoms with Crippen molar-refractivity contribution in [3.05, 3.63) is 23.8 Å². The summed E-state index contributed by atoms with van der Waals surface area (Å²) in [6.45, 7) is 3.10. The molecule has 2 rings (SSSR count). The molecule has 0 spiro atoms. The number of carbonyl (C=O) groups is 2. The maximum absolute atomic E-state index is 12.0. The van der Waals surface area contributed by atoms with Crippen molar-refractivity contribution in [2.24, 2.45) is 5.92 Å². The Morgan fingerprint density at radius 1 is 1.29 bits per heavy atom. The largest absolute Gasteiger partial charge is 0.490 e. The highest BCUT2D eigenvalue weighted by atomic mass is 16.5. The minimum absolute atomic E-state index is 0.247. The number of fused-ring (bicyclic) bond motifs is 1. The van der Waals surface area contributed by atoms with E-state index in [2.05, 4.69) is 5.32 Å². The molecule has 2 N–H and O–H groups in total. The number of rotatable bonds is 5. The first kappa shape index (κ1) is 15.2. The Labute approximate surface area is 123 Å². The number of amides is 1. The number of nitrogens with one attached hydrogen (secondary N) is 1. The fraction of sp³-hybridized carbons (Fsp3) is 0.467. The van der Waals surface area contributed by atoms with Crippen molar-refractivity contribution < 1.29 is 24.2 Å². The molecule has 1 aliphatic rings. The molecule has 6 heteroatoms. The van der Waals surface area contributed by atoms with Crippen LogP contribution in [-0.2, 0) is 4.79 Å². The van der Waals surface area contributed by atoms with Gasteiger partial charge in [0.2, 0.25) is 0 Å². The van der Waals surface area contributed by atoms with Crippen LogP contribution in [0.2, 0.25) is 0 Å². The summed E-state index contributed by atoms with van der Waals surface area (Å²) in [5, 5.41) is 11.5. The van der Waals surface area contributed by atoms with Gasteiger partial charge >= 0.3 is 5.97 Å². The Morgan fingerprint density at radius 3 is 2.71 bits per heavy atom. The van der Waals surface area contributed by atoms with Gasteiger partial charge in [0.25, 0.3) is 5.91 Å². The SMILES string of the molecule is CC(CCNC(=O)c1ccc2c(c1)OCCCO2)C(=O)O. The molecule has 21 heavy (non-hydrogen) atoms. The molecule has 0 aliphatic carbocycles. The Morgan fingerprint density at radius 2 is 2.00 bits per heavy atom. The maximum Gasteiger partial charge on any atom is 0.306 e. The lowest BCUT2D eigenvalue weighted by atomic mass is 10.1. The van der Waals surface area contributed by atoms with Gasteiger partial charge in [-0.15, -0.1) is 0 Å². The van der Waals surface area contributed by atoms with Crippen LogP contribution < -0.4 is 14.8 Å². The molecule has 1 aliphatic heterocycles. The third-order valence-corrected chi connectivity index (χ3v) is 3.29. The van der Waals surface area contributed by atoms with E-state index in [0.29, 0.717) is 43.2 Å². The summed E-state index contributed by atoms with van der Waals surface area (Å²) in [6, 6.07) is 5.04. The number of hydrogen-bond donors (Lipinski definition) is 2. The van der Waals surface area contributed by atoms with E-state index in [0.717, 1.165) is 6.42 Å². The van der Waals surface area contributed by atoms with Crippen LogP contribution in [-0.4, -0.2) is 36.7 Å². The first-order valence-corrected chi connectivity index (χ1v) is 6.98. The average molecular weight is 293 g/mol. The van der Waals surface area contributed by atoms with Crippen molar-refractivity contribution >= 4 is 11.9 Å². The van der Waals surface area contributed by atoms with Crippen LogP contribution in [0.25, 0.3) is 0 Å². The predicted molar refractivity (Wildman–Crippen MR) is 75.8 cm³/mol. The number of benzene rings is 1. The fourth-order valence-electron chi connectivity index (χ4n) is 1.93. The smallest absolute Gasteiger partial charge is 0.306 e. The zero-order valence-electron chi connectivity index (χ0n) is 11.9. The molecule has 1 aromatic rings. The number of aliphatic carboxylic acids is 1. The zero-order chi connectivity index (χ0) is 15.2. The van der Waals surface area contributed by atoms with Crippen LogP contribution in [0.3, 0.4) is 0 Å². The van der Waals surface area contributed by atoms with E-state index >= 15 is 0 Å². The van der Waals surface area contributed by atoms with E-state index in [1.54, 1.807) is 25.1 Å². The second-order valence-electron chi connectivity index (χ2n) is 5.00. The molecule has 0 saturated carbocycles. The van der Waals surface area contributed by atoms with Crippen molar-refractivity contribution in [2.45, 2.75) is 19.8 Å². The summed E-state index contributed by atoms with van der Waals surface area (Å²) in [6.07, 6.45) is 1.20. The van der Waals surface area contributed by atoms with E-state index in [-0.39, 0.29) is 5.91 Å². The Bertz CT molecular complexity index is 529. The predicted octanol–water partition coefficient (Wildman–Crippen LogP) is 1.69. The fourth-order valence-corrected chi connectivity index (χ4v) is 1.93. The Kier molecular flexibility index (Phi) is 5.03. The summed E-state index contributed by atoms with van der Waals surface area (Å²) in [5.74, 6) is -0.375. The zero-order valence-corrected chi connectivity index (χ0v) is 11.9. The number of carbonyl (C=O) groups excluding carboxylic acids is 1. The molecule has 6 nitrogen and oxygen atoms in total. The molecule has 114 valence electrons. The van der Waals surface area contributed by atoms with E-state index in [1.165, 1.54) is 0 Å². The van der Waals surface area contributed by atoms with Crippen LogP contribution >= 0.6 is 0 Å². The first-order chi connectivity index (χ1) is 10.1. The van der Waals surface area contributed by atoms with Crippen molar-refractivity contribution in [3.63, 3.8) is 0 Å². The van der Waals surface area contributed by atoms with Crippen molar-refractivity contribution in [1.29, 1.82) is 0 Å². The quantitative estimate of drug-likeness (QED) is 0.863. The first-order valence-electron chi connectivity index (χ1n) is 6.98. The molecule has 0 bridgehead atoms. The lowest BCUT2D eigenvalue weighted by molar-refractivity contribution is -0.141. The standard InChI is InChI=1S/C15H19NO5/c1-10(15(18)19)5-6-16-14(17)11-3-4-12-13(9-11)21-8-2-7-20-12/h3-4,9-10H,2,5-8H2,1H3,(H,16,17)(H,18,19). The maximum atomic E-state index is 12.0. The molecule has 1 amide bonds. The minimum Gasteiger partial charge on any atom is -0.490 e. The van der Waals surface area contributed by atoms with E-state index in [9.17, 15) is 9.59 Å². The monoisotopic (exact) mass is 293 g/mol. The van der Waals surface area contributed by atoms with Crippen LogP contribution in [0.5, 0.6) is 11.5 Å². The summed E-state index contributed by atoms with van der Waals surface area (Å²) in [7, 11) is 0. The molecule has 0 radical (unpaired) electrons. The second kappa shape index (κ2) is 6.97. The van der Waals surface area contributed by atoms with Gasteiger partial charge in [0.15, 0.2) is 11.5 Å².